The summed E-state index contributed by atoms with van der Waals surface area (Å²) in [6.45, 7) is 5.16. The van der Waals surface area contributed by atoms with Crippen LogP contribution in [-0.4, -0.2) is 27.1 Å². The minimum Gasteiger partial charge on any atom is -0.310 e. The van der Waals surface area contributed by atoms with Crippen molar-refractivity contribution in [2.45, 2.75) is 64.2 Å². The molecular formula is C14H22F3N3S. The molecule has 0 spiro atoms. The first kappa shape index (κ1) is 16.7. The molecule has 21 heavy (non-hydrogen) atoms. The van der Waals surface area contributed by atoms with Crippen molar-refractivity contribution in [1.29, 1.82) is 0 Å². The van der Waals surface area contributed by atoms with Gasteiger partial charge in [0, 0.05) is 29.6 Å². The Hall–Kier alpha value is -0.690. The molecule has 0 bridgehead atoms. The van der Waals surface area contributed by atoms with Crippen LogP contribution in [0, 0.1) is 0 Å². The van der Waals surface area contributed by atoms with E-state index in [-0.39, 0.29) is 17.5 Å². The molecule has 0 aliphatic heterocycles. The van der Waals surface area contributed by atoms with Gasteiger partial charge in [-0.2, -0.15) is 18.3 Å². The summed E-state index contributed by atoms with van der Waals surface area (Å²) in [4.78, 5) is 0. The molecule has 1 fully saturated rings. The standard InChI is InChI=1S/C14H22F3N3S/c1-3-12-11(9-18-10-5-6-10)13(4-2)20(19-12)7-8-21-14(15,16)17/h10,18H,3-9H2,1-2H3. The summed E-state index contributed by atoms with van der Waals surface area (Å²) in [5.41, 5.74) is -0.896. The molecule has 0 saturated heterocycles. The number of alkyl halides is 3. The second kappa shape index (κ2) is 7.05. The molecule has 7 heteroatoms. The van der Waals surface area contributed by atoms with Crippen molar-refractivity contribution in [1.82, 2.24) is 15.1 Å². The minimum atomic E-state index is -4.16. The lowest BCUT2D eigenvalue weighted by molar-refractivity contribution is -0.0328. The highest BCUT2D eigenvalue weighted by molar-refractivity contribution is 8.00. The summed E-state index contributed by atoms with van der Waals surface area (Å²) in [5, 5.41) is 7.99. The molecule has 0 atom stereocenters. The van der Waals surface area contributed by atoms with E-state index in [4.69, 9.17) is 0 Å². The minimum absolute atomic E-state index is 0.0107. The fourth-order valence-corrected chi connectivity index (χ4v) is 2.94. The van der Waals surface area contributed by atoms with Crippen molar-refractivity contribution >= 4 is 11.8 Å². The maximum absolute atomic E-state index is 12.2. The van der Waals surface area contributed by atoms with Crippen LogP contribution >= 0.6 is 11.8 Å². The average molecular weight is 321 g/mol. The van der Waals surface area contributed by atoms with E-state index in [0.717, 1.165) is 30.8 Å². The van der Waals surface area contributed by atoms with Gasteiger partial charge in [0.15, 0.2) is 0 Å². The first-order valence-electron chi connectivity index (χ1n) is 7.46. The smallest absolute Gasteiger partial charge is 0.310 e. The normalized spacial score (nSPS) is 15.7. The Morgan fingerprint density at radius 1 is 1.29 bits per heavy atom. The lowest BCUT2D eigenvalue weighted by atomic mass is 10.1. The molecule has 1 saturated carbocycles. The third-order valence-electron chi connectivity index (χ3n) is 3.63. The number of nitrogens with one attached hydrogen (secondary N) is 1. The highest BCUT2D eigenvalue weighted by Crippen LogP contribution is 2.30. The topological polar surface area (TPSA) is 29.9 Å². The molecule has 1 aromatic heterocycles. The molecule has 1 heterocycles. The molecule has 0 aromatic carbocycles. The third-order valence-corrected chi connectivity index (χ3v) is 4.35. The van der Waals surface area contributed by atoms with Crippen LogP contribution < -0.4 is 5.32 Å². The van der Waals surface area contributed by atoms with Gasteiger partial charge < -0.3 is 5.32 Å². The zero-order valence-electron chi connectivity index (χ0n) is 12.5. The fraction of sp³-hybridized carbons (Fsp3) is 0.786. The number of rotatable bonds is 8. The van der Waals surface area contributed by atoms with Crippen molar-refractivity contribution in [3.8, 4) is 0 Å². The van der Waals surface area contributed by atoms with Crippen LogP contribution in [0.25, 0.3) is 0 Å². The van der Waals surface area contributed by atoms with E-state index < -0.39 is 5.51 Å². The number of aryl methyl sites for hydroxylation is 2. The molecule has 1 aromatic rings. The van der Waals surface area contributed by atoms with E-state index in [1.54, 1.807) is 4.68 Å². The zero-order chi connectivity index (χ0) is 15.5. The fourth-order valence-electron chi connectivity index (χ4n) is 2.44. The highest BCUT2D eigenvalue weighted by atomic mass is 32.2. The number of aromatic nitrogens is 2. The van der Waals surface area contributed by atoms with Crippen LogP contribution in [0.5, 0.6) is 0 Å². The van der Waals surface area contributed by atoms with Gasteiger partial charge in [-0.15, -0.1) is 0 Å². The molecule has 120 valence electrons. The van der Waals surface area contributed by atoms with Crippen LogP contribution in [0.2, 0.25) is 0 Å². The number of halogens is 3. The number of hydrogen-bond acceptors (Lipinski definition) is 3. The molecule has 3 nitrogen and oxygen atoms in total. The molecule has 2 rings (SSSR count). The molecule has 0 unspecified atom stereocenters. The summed E-state index contributed by atoms with van der Waals surface area (Å²) >= 11 is 0.0221. The molecule has 1 aliphatic carbocycles. The Morgan fingerprint density at radius 3 is 2.52 bits per heavy atom. The van der Waals surface area contributed by atoms with Gasteiger partial charge in [-0.25, -0.2) is 0 Å². The van der Waals surface area contributed by atoms with E-state index in [0.29, 0.717) is 12.6 Å². The van der Waals surface area contributed by atoms with Crippen LogP contribution in [-0.2, 0) is 25.9 Å². The van der Waals surface area contributed by atoms with E-state index in [1.807, 2.05) is 13.8 Å². The SMILES string of the molecule is CCc1nn(CCSC(F)(F)F)c(CC)c1CNC1CC1. The first-order chi connectivity index (χ1) is 9.94. The summed E-state index contributed by atoms with van der Waals surface area (Å²) in [6.07, 6.45) is 4.05. The third kappa shape index (κ3) is 4.92. The number of thioether (sulfide) groups is 1. The van der Waals surface area contributed by atoms with Crippen molar-refractivity contribution < 1.29 is 13.2 Å². The van der Waals surface area contributed by atoms with E-state index in [1.165, 1.54) is 18.4 Å². The van der Waals surface area contributed by atoms with Gasteiger partial charge >= 0.3 is 5.51 Å². The summed E-state index contributed by atoms with van der Waals surface area (Å²) in [6, 6.07) is 0.614. The Kier molecular flexibility index (Phi) is 5.60. The van der Waals surface area contributed by atoms with Crippen molar-refractivity contribution in [3.63, 3.8) is 0 Å². The zero-order valence-corrected chi connectivity index (χ0v) is 13.3. The Bertz CT molecular complexity index is 467. The lowest BCUT2D eigenvalue weighted by Crippen LogP contribution is -2.17. The summed E-state index contributed by atoms with van der Waals surface area (Å²) < 4.78 is 38.5. The first-order valence-corrected chi connectivity index (χ1v) is 8.44. The monoisotopic (exact) mass is 321 g/mol. The van der Waals surface area contributed by atoms with Gasteiger partial charge in [0.05, 0.1) is 12.2 Å². The van der Waals surface area contributed by atoms with E-state index in [2.05, 4.69) is 10.4 Å². The summed E-state index contributed by atoms with van der Waals surface area (Å²) in [7, 11) is 0. The lowest BCUT2D eigenvalue weighted by Gasteiger charge is -2.09. The van der Waals surface area contributed by atoms with Gasteiger partial charge in [0.2, 0.25) is 0 Å². The van der Waals surface area contributed by atoms with Gasteiger partial charge in [-0.05, 0) is 37.4 Å². The van der Waals surface area contributed by atoms with E-state index >= 15 is 0 Å². The highest BCUT2D eigenvalue weighted by Gasteiger charge is 2.28. The van der Waals surface area contributed by atoms with Gasteiger partial charge in [-0.1, -0.05) is 13.8 Å². The van der Waals surface area contributed by atoms with Crippen molar-refractivity contribution in [3.05, 3.63) is 17.0 Å². The molecular weight excluding hydrogens is 299 g/mol. The van der Waals surface area contributed by atoms with Crippen LogP contribution in [0.1, 0.15) is 43.6 Å². The maximum atomic E-state index is 12.2. The second-order valence-electron chi connectivity index (χ2n) is 5.25. The van der Waals surface area contributed by atoms with Crippen molar-refractivity contribution in [2.75, 3.05) is 5.75 Å². The van der Waals surface area contributed by atoms with Crippen molar-refractivity contribution in [2.24, 2.45) is 0 Å². The summed E-state index contributed by atoms with van der Waals surface area (Å²) in [5.74, 6) is 0.0107. The second-order valence-corrected chi connectivity index (χ2v) is 6.41. The predicted molar refractivity (Wildman–Crippen MR) is 79.4 cm³/mol. The quantitative estimate of drug-likeness (QED) is 0.794. The van der Waals surface area contributed by atoms with Gasteiger partial charge in [0.25, 0.3) is 0 Å². The largest absolute Gasteiger partial charge is 0.441 e. The molecule has 1 aliphatic rings. The maximum Gasteiger partial charge on any atom is 0.441 e. The van der Waals surface area contributed by atoms with E-state index in [9.17, 15) is 13.2 Å². The molecule has 1 N–H and O–H groups in total. The van der Waals surface area contributed by atoms with Crippen LogP contribution in [0.4, 0.5) is 13.2 Å². The number of nitrogens with zero attached hydrogens (tertiary/aromatic N) is 2. The molecule has 0 radical (unpaired) electrons. The Balaban J connectivity index is 2.04. The van der Waals surface area contributed by atoms with Crippen LogP contribution in [0.3, 0.4) is 0 Å². The van der Waals surface area contributed by atoms with Gasteiger partial charge in [0.1, 0.15) is 0 Å². The predicted octanol–water partition coefficient (Wildman–Crippen LogP) is 3.51. The van der Waals surface area contributed by atoms with Gasteiger partial charge in [-0.3, -0.25) is 4.68 Å². The average Bonchev–Trinajstić information content (AvgIpc) is 3.17. The number of hydrogen-bond donors (Lipinski definition) is 1. The van der Waals surface area contributed by atoms with Crippen LogP contribution in [0.15, 0.2) is 0 Å². The Labute approximate surface area is 127 Å². The molecule has 0 amide bonds. The Morgan fingerprint density at radius 2 is 2.00 bits per heavy atom.